The third kappa shape index (κ3) is 8.72. The molecule has 0 fully saturated rings. The third-order valence-corrected chi connectivity index (χ3v) is 6.07. The summed E-state index contributed by atoms with van der Waals surface area (Å²) in [7, 11) is -6.85. The fourth-order valence-electron chi connectivity index (χ4n) is 0.0578. The highest BCUT2D eigenvalue weighted by Gasteiger charge is 2.04. The average molecular weight is 209 g/mol. The third-order valence-electron chi connectivity index (χ3n) is 0.169. The zero-order valence-electron chi connectivity index (χ0n) is 3.71. The van der Waals surface area contributed by atoms with Crippen LogP contribution in [-0.2, 0) is 19.3 Å². The van der Waals surface area contributed by atoms with Gasteiger partial charge in [0.2, 0.25) is 0 Å². The van der Waals surface area contributed by atoms with Gasteiger partial charge in [0.05, 0.1) is 9.83 Å². The van der Waals surface area contributed by atoms with Crippen molar-refractivity contribution in [2.24, 2.45) is 0 Å². The van der Waals surface area contributed by atoms with E-state index >= 15 is 0 Å². The van der Waals surface area contributed by atoms with Crippen LogP contribution in [-0.4, -0.2) is 21.7 Å². The van der Waals surface area contributed by atoms with Gasteiger partial charge in [0.25, 0.3) is 0 Å². The molecule has 0 bridgehead atoms. The maximum Gasteiger partial charge on any atom is 0.330 e. The molecule has 0 spiro atoms. The molecule has 0 aliphatic carbocycles. The van der Waals surface area contributed by atoms with E-state index < -0.39 is 19.3 Å². The molecule has 56 valence electrons. The van der Waals surface area contributed by atoms with Crippen LogP contribution in [0.4, 0.5) is 0 Å². The molecule has 5 nitrogen and oxygen atoms in total. The average Bonchev–Trinajstić information content (AvgIpc) is 1.59. The lowest BCUT2D eigenvalue weighted by molar-refractivity contribution is 0.503. The second-order valence-corrected chi connectivity index (χ2v) is 7.65. The van der Waals surface area contributed by atoms with Crippen molar-refractivity contribution in [3.63, 3.8) is 0 Å². The Bertz CT molecular complexity index is 187. The Labute approximate surface area is 60.8 Å². The highest BCUT2D eigenvalue weighted by molar-refractivity contribution is 9.21. The van der Waals surface area contributed by atoms with Gasteiger partial charge in [-0.15, -0.1) is 0 Å². The normalized spacial score (nSPS) is 15.3. The van der Waals surface area contributed by atoms with E-state index in [2.05, 4.69) is 0 Å². The van der Waals surface area contributed by atoms with Gasteiger partial charge in [-0.2, -0.15) is 8.42 Å². The lowest BCUT2D eigenvalue weighted by Gasteiger charge is -1.97. The molecule has 0 saturated heterocycles. The summed E-state index contributed by atoms with van der Waals surface area (Å²) in [5.74, 6) is 0. The van der Waals surface area contributed by atoms with Crippen molar-refractivity contribution in [1.82, 2.24) is 0 Å². The summed E-state index contributed by atoms with van der Waals surface area (Å²) < 4.78 is 46.7. The molecule has 9 heavy (non-hydrogen) atoms. The van der Waals surface area contributed by atoms with Crippen LogP contribution in [0.15, 0.2) is 0 Å². The number of hydrogen-bond acceptors (Lipinski definition) is 6. The summed E-state index contributed by atoms with van der Waals surface area (Å²) in [6.45, 7) is 0. The Morgan fingerprint density at radius 2 is 2.00 bits per heavy atom. The second kappa shape index (κ2) is 3.78. The van der Waals surface area contributed by atoms with Crippen molar-refractivity contribution in [3.05, 3.63) is 0 Å². The first-order chi connectivity index (χ1) is 3.92. The summed E-state index contributed by atoms with van der Waals surface area (Å²) >= 11 is 0. The molecule has 1 atom stereocenters. The minimum Gasteiger partial charge on any atom is -0.763 e. The fourth-order valence-corrected chi connectivity index (χ4v) is 4.68. The molecule has 0 radical (unpaired) electrons. The summed E-state index contributed by atoms with van der Waals surface area (Å²) in [4.78, 5) is 0. The largest absolute Gasteiger partial charge is 0.763 e. The topological polar surface area (TPSA) is 94.5 Å². The molecule has 0 heterocycles. The predicted molar refractivity (Wildman–Crippen MR) is 35.7 cm³/mol. The molecule has 0 amide bonds. The van der Waals surface area contributed by atoms with Crippen molar-refractivity contribution in [1.29, 1.82) is 0 Å². The summed E-state index contributed by atoms with van der Waals surface area (Å²) in [6.07, 6.45) is 0. The van der Waals surface area contributed by atoms with E-state index in [9.17, 15) is 17.2 Å². The van der Waals surface area contributed by atoms with Crippen LogP contribution < -0.4 is 0 Å². The van der Waals surface area contributed by atoms with Gasteiger partial charge in [-0.3, -0.25) is 8.76 Å². The van der Waals surface area contributed by atoms with Crippen molar-refractivity contribution < 1.29 is 21.7 Å². The van der Waals surface area contributed by atoms with Crippen molar-refractivity contribution in [2.45, 2.75) is 0 Å². The molecule has 0 rings (SSSR count). The standard InChI is InChI=1S/H2O5S4/c1-8(2)6-7-9(3,4)5/h(H,1,2)(H,3,4,5)/p-1. The highest BCUT2D eigenvalue weighted by Crippen LogP contribution is 2.28. The quantitative estimate of drug-likeness (QED) is 0.396. The molecule has 0 aliphatic rings. The van der Waals surface area contributed by atoms with Crippen LogP contribution in [0.1, 0.15) is 0 Å². The Balaban J connectivity index is 3.67. The van der Waals surface area contributed by atoms with Crippen molar-refractivity contribution in [3.8, 4) is 0 Å². The number of hydrogen-bond donors (Lipinski definition) is 1. The Morgan fingerprint density at radius 1 is 1.56 bits per heavy atom. The van der Waals surface area contributed by atoms with Gasteiger partial charge < -0.3 is 4.55 Å². The summed E-state index contributed by atoms with van der Waals surface area (Å²) in [5.41, 5.74) is 0. The smallest absolute Gasteiger partial charge is 0.330 e. The molecule has 0 aromatic heterocycles. The van der Waals surface area contributed by atoms with E-state index in [0.29, 0.717) is 0 Å². The first-order valence-electron chi connectivity index (χ1n) is 1.35. The van der Waals surface area contributed by atoms with E-state index in [-0.39, 0.29) is 19.7 Å². The first kappa shape index (κ1) is 9.72. The van der Waals surface area contributed by atoms with Crippen LogP contribution in [0.3, 0.4) is 0 Å². The van der Waals surface area contributed by atoms with Gasteiger partial charge in [-0.1, -0.05) is 0 Å². The van der Waals surface area contributed by atoms with Gasteiger partial charge in [0.1, 0.15) is 0 Å². The lowest BCUT2D eigenvalue weighted by atomic mass is 15.9. The molecule has 0 aromatic carbocycles. The van der Waals surface area contributed by atoms with Gasteiger partial charge >= 0.3 is 9.15 Å². The van der Waals surface area contributed by atoms with Gasteiger partial charge in [-0.25, -0.2) is 0 Å². The zero-order chi connectivity index (χ0) is 7.49. The Hall–Kier alpha value is 0.720. The highest BCUT2D eigenvalue weighted by atomic mass is 33.7. The monoisotopic (exact) mass is 209 g/mol. The molecular weight excluding hydrogens is 208 g/mol. The second-order valence-electron chi connectivity index (χ2n) is 0.768. The van der Waals surface area contributed by atoms with Crippen LogP contribution >= 0.6 is 19.7 Å². The summed E-state index contributed by atoms with van der Waals surface area (Å²) in [6, 6.07) is 0. The Kier molecular flexibility index (Phi) is 4.09. The molecule has 9 heteroatoms. The van der Waals surface area contributed by atoms with E-state index in [1.807, 2.05) is 0 Å². The minimum absolute atomic E-state index is 0.0336. The van der Waals surface area contributed by atoms with E-state index in [0.717, 1.165) is 0 Å². The molecule has 0 aliphatic heterocycles. The zero-order valence-corrected chi connectivity index (χ0v) is 6.98. The fraction of sp³-hybridized carbons (Fsp3) is 0. The first-order valence-corrected chi connectivity index (χ1v) is 7.05. The van der Waals surface area contributed by atoms with E-state index in [4.69, 9.17) is 4.55 Å². The van der Waals surface area contributed by atoms with Crippen molar-refractivity contribution in [2.75, 3.05) is 0 Å². The molecule has 1 unspecified atom stereocenters. The number of rotatable bonds is 3. The van der Waals surface area contributed by atoms with Crippen LogP contribution in [0.2, 0.25) is 0 Å². The van der Waals surface area contributed by atoms with Crippen molar-refractivity contribution >= 4 is 38.9 Å². The van der Waals surface area contributed by atoms with Crippen LogP contribution in [0.5, 0.6) is 0 Å². The molecular formula is HO5S4-. The maximum atomic E-state index is 9.76. The van der Waals surface area contributed by atoms with Gasteiger partial charge in [-0.05, 0) is 0 Å². The van der Waals surface area contributed by atoms with Crippen LogP contribution in [0.25, 0.3) is 0 Å². The van der Waals surface area contributed by atoms with E-state index in [1.165, 1.54) is 0 Å². The van der Waals surface area contributed by atoms with Gasteiger partial charge in [0, 0.05) is 19.9 Å². The molecule has 0 saturated carbocycles. The predicted octanol–water partition coefficient (Wildman–Crippen LogP) is -0.0353. The maximum absolute atomic E-state index is 9.76. The lowest BCUT2D eigenvalue weighted by Crippen LogP contribution is -1.86. The SMILES string of the molecule is O=S([O-])SSS(=O)(=O)O. The Morgan fingerprint density at radius 3 is 2.11 bits per heavy atom. The molecule has 0 aromatic rings. The molecule has 1 N–H and O–H groups in total. The van der Waals surface area contributed by atoms with Crippen LogP contribution in [0, 0.1) is 0 Å². The summed E-state index contributed by atoms with van der Waals surface area (Å²) in [5, 5.41) is 0. The van der Waals surface area contributed by atoms with Gasteiger partial charge in [0.15, 0.2) is 0 Å². The van der Waals surface area contributed by atoms with E-state index in [1.54, 1.807) is 0 Å². The minimum atomic E-state index is -4.23.